The van der Waals surface area contributed by atoms with Gasteiger partial charge in [-0.25, -0.2) is 9.55 Å². The number of furan rings is 1. The Hall–Kier alpha value is -3.20. The summed E-state index contributed by atoms with van der Waals surface area (Å²) in [5, 5.41) is 3.31. The van der Waals surface area contributed by atoms with Crippen LogP contribution in [0.2, 0.25) is 0 Å². The Bertz CT molecular complexity index is 1360. The monoisotopic (exact) mass is 367 g/mol. The van der Waals surface area contributed by atoms with Gasteiger partial charge in [0, 0.05) is 27.8 Å². The van der Waals surface area contributed by atoms with Gasteiger partial charge in [0.1, 0.15) is 7.05 Å². The second-order valence-corrected chi connectivity index (χ2v) is 7.88. The van der Waals surface area contributed by atoms with E-state index in [9.17, 15) is 0 Å². The van der Waals surface area contributed by atoms with E-state index in [-0.39, 0.29) is 0 Å². The number of para-hydroxylation sites is 1. The number of hydrogen-bond acceptors (Lipinski definition) is 2. The van der Waals surface area contributed by atoms with Gasteiger partial charge in [0.05, 0.1) is 11.1 Å². The van der Waals surface area contributed by atoms with Crippen molar-refractivity contribution < 1.29 is 8.98 Å². The molecule has 0 saturated heterocycles. The largest absolute Gasteiger partial charge is 0.437 e. The summed E-state index contributed by atoms with van der Waals surface area (Å²) in [5.74, 6) is 0.500. The molecule has 0 atom stereocenters. The van der Waals surface area contributed by atoms with Crippen molar-refractivity contribution in [3.05, 3.63) is 71.9 Å². The molecule has 2 aromatic carbocycles. The molecule has 3 heterocycles. The minimum Gasteiger partial charge on any atom is -0.437 e. The van der Waals surface area contributed by atoms with Crippen molar-refractivity contribution in [2.75, 3.05) is 0 Å². The van der Waals surface area contributed by atoms with Crippen molar-refractivity contribution in [1.82, 2.24) is 4.98 Å². The van der Waals surface area contributed by atoms with Crippen LogP contribution in [0.15, 0.2) is 65.2 Å². The standard InChI is InChI=1S/C25H23N2O/c1-15(2)18-10-12-22(27(4)14-18)23-16(3)9-11-19-20-13-17-7-5-6-8-21(17)26-25(20)28-24(19)23/h5-15H,1-4H3/q+1. The van der Waals surface area contributed by atoms with Crippen LogP contribution < -0.4 is 4.57 Å². The summed E-state index contributed by atoms with van der Waals surface area (Å²) in [5.41, 5.74) is 7.37. The molecule has 0 spiro atoms. The molecule has 5 rings (SSSR count). The number of pyridine rings is 2. The summed E-state index contributed by atoms with van der Waals surface area (Å²) >= 11 is 0. The van der Waals surface area contributed by atoms with E-state index < -0.39 is 0 Å². The molecule has 0 saturated carbocycles. The second-order valence-electron chi connectivity index (χ2n) is 7.88. The van der Waals surface area contributed by atoms with Crippen molar-refractivity contribution in [2.24, 2.45) is 7.05 Å². The van der Waals surface area contributed by atoms with Crippen LogP contribution in [0, 0.1) is 6.92 Å². The number of rotatable bonds is 2. The number of fused-ring (bicyclic) bond motifs is 4. The lowest BCUT2D eigenvalue weighted by atomic mass is 9.99. The first kappa shape index (κ1) is 16.9. The lowest BCUT2D eigenvalue weighted by Crippen LogP contribution is -2.31. The molecule has 0 fully saturated rings. The molecular formula is C25H23N2O+. The van der Waals surface area contributed by atoms with Gasteiger partial charge in [-0.1, -0.05) is 44.2 Å². The van der Waals surface area contributed by atoms with E-state index in [0.717, 1.165) is 38.5 Å². The first-order valence-corrected chi connectivity index (χ1v) is 9.74. The highest BCUT2D eigenvalue weighted by Gasteiger charge is 2.21. The van der Waals surface area contributed by atoms with Gasteiger partial charge in [0.15, 0.2) is 11.8 Å². The maximum absolute atomic E-state index is 6.34. The van der Waals surface area contributed by atoms with Crippen molar-refractivity contribution in [2.45, 2.75) is 26.7 Å². The Labute approximate surface area is 164 Å². The Morgan fingerprint density at radius 1 is 0.964 bits per heavy atom. The third-order valence-electron chi connectivity index (χ3n) is 5.62. The maximum Gasteiger partial charge on any atom is 0.227 e. The van der Waals surface area contributed by atoms with Gasteiger partial charge >= 0.3 is 0 Å². The maximum atomic E-state index is 6.34. The topological polar surface area (TPSA) is 29.9 Å². The molecular weight excluding hydrogens is 344 g/mol. The zero-order chi connectivity index (χ0) is 19.4. The van der Waals surface area contributed by atoms with Gasteiger partial charge in [-0.05, 0) is 36.6 Å². The fourth-order valence-corrected chi connectivity index (χ4v) is 4.01. The number of hydrogen-bond donors (Lipinski definition) is 0. The minimum absolute atomic E-state index is 0.500. The van der Waals surface area contributed by atoms with Gasteiger partial charge in [-0.2, -0.15) is 0 Å². The summed E-state index contributed by atoms with van der Waals surface area (Å²) in [6.07, 6.45) is 2.22. The summed E-state index contributed by atoms with van der Waals surface area (Å²) < 4.78 is 8.54. The van der Waals surface area contributed by atoms with Crippen molar-refractivity contribution in [3.8, 4) is 11.3 Å². The fourth-order valence-electron chi connectivity index (χ4n) is 4.01. The third kappa shape index (κ3) is 2.50. The van der Waals surface area contributed by atoms with Gasteiger partial charge in [0.2, 0.25) is 11.4 Å². The summed E-state index contributed by atoms with van der Waals surface area (Å²) in [4.78, 5) is 4.77. The van der Waals surface area contributed by atoms with Crippen LogP contribution in [0.4, 0.5) is 0 Å². The molecule has 0 radical (unpaired) electrons. The predicted molar refractivity (Wildman–Crippen MR) is 114 cm³/mol. The van der Waals surface area contributed by atoms with E-state index in [0.29, 0.717) is 11.6 Å². The minimum atomic E-state index is 0.500. The van der Waals surface area contributed by atoms with Crippen LogP contribution >= 0.6 is 0 Å². The lowest BCUT2D eigenvalue weighted by molar-refractivity contribution is -0.660. The zero-order valence-corrected chi connectivity index (χ0v) is 16.7. The number of nitrogens with zero attached hydrogens (tertiary/aromatic N) is 2. The molecule has 0 aliphatic carbocycles. The highest BCUT2D eigenvalue weighted by Crippen LogP contribution is 2.37. The van der Waals surface area contributed by atoms with E-state index in [1.54, 1.807) is 0 Å². The quantitative estimate of drug-likeness (QED) is 0.355. The fraction of sp³-hybridized carbons (Fsp3) is 0.200. The summed E-state index contributed by atoms with van der Waals surface area (Å²) in [7, 11) is 2.11. The number of benzene rings is 2. The SMILES string of the molecule is Cc1ccc2c(oc3nc4ccccc4cc32)c1-c1ccc(C(C)C)c[n+]1C. The van der Waals surface area contributed by atoms with Crippen LogP contribution in [-0.2, 0) is 7.05 Å². The summed E-state index contributed by atoms with van der Waals surface area (Å²) in [6.45, 7) is 6.58. The molecule has 0 aliphatic heterocycles. The summed E-state index contributed by atoms with van der Waals surface area (Å²) in [6, 6.07) is 19.1. The van der Waals surface area contributed by atoms with Gasteiger partial charge < -0.3 is 4.42 Å². The van der Waals surface area contributed by atoms with E-state index in [1.165, 1.54) is 11.1 Å². The van der Waals surface area contributed by atoms with Gasteiger partial charge in [0.25, 0.3) is 0 Å². The highest BCUT2D eigenvalue weighted by molar-refractivity contribution is 6.11. The van der Waals surface area contributed by atoms with Crippen LogP contribution in [0.1, 0.15) is 30.9 Å². The van der Waals surface area contributed by atoms with E-state index in [1.807, 2.05) is 18.2 Å². The zero-order valence-electron chi connectivity index (χ0n) is 16.7. The molecule has 138 valence electrons. The van der Waals surface area contributed by atoms with Crippen LogP contribution in [0.5, 0.6) is 0 Å². The van der Waals surface area contributed by atoms with E-state index >= 15 is 0 Å². The second kappa shape index (κ2) is 6.16. The molecule has 3 aromatic heterocycles. The molecule has 5 aromatic rings. The molecule has 0 bridgehead atoms. The van der Waals surface area contributed by atoms with Crippen LogP contribution in [0.25, 0.3) is 44.2 Å². The lowest BCUT2D eigenvalue weighted by Gasteiger charge is -2.08. The first-order chi connectivity index (χ1) is 13.5. The molecule has 28 heavy (non-hydrogen) atoms. The molecule has 3 nitrogen and oxygen atoms in total. The average Bonchev–Trinajstić information content (AvgIpc) is 3.03. The average molecular weight is 367 g/mol. The Morgan fingerprint density at radius 3 is 2.57 bits per heavy atom. The smallest absolute Gasteiger partial charge is 0.227 e. The normalized spacial score (nSPS) is 11.9. The molecule has 0 N–H and O–H groups in total. The van der Waals surface area contributed by atoms with Crippen molar-refractivity contribution in [3.63, 3.8) is 0 Å². The molecule has 0 aliphatic rings. The van der Waals surface area contributed by atoms with Gasteiger partial charge in [-0.3, -0.25) is 0 Å². The highest BCUT2D eigenvalue weighted by atomic mass is 16.3. The molecule has 0 amide bonds. The molecule has 0 unspecified atom stereocenters. The third-order valence-corrected chi connectivity index (χ3v) is 5.62. The van der Waals surface area contributed by atoms with Crippen LogP contribution in [0.3, 0.4) is 0 Å². The number of aryl methyl sites for hydroxylation is 2. The Balaban J connectivity index is 1.84. The van der Waals surface area contributed by atoms with Crippen molar-refractivity contribution in [1.29, 1.82) is 0 Å². The molecule has 3 heteroatoms. The van der Waals surface area contributed by atoms with Crippen LogP contribution in [-0.4, -0.2) is 4.98 Å². The number of aromatic nitrogens is 2. The van der Waals surface area contributed by atoms with E-state index in [4.69, 9.17) is 9.40 Å². The van der Waals surface area contributed by atoms with Crippen molar-refractivity contribution >= 4 is 33.0 Å². The first-order valence-electron chi connectivity index (χ1n) is 9.74. The Kier molecular flexibility index (Phi) is 3.73. The van der Waals surface area contributed by atoms with E-state index in [2.05, 4.69) is 75.0 Å². The van der Waals surface area contributed by atoms with Gasteiger partial charge in [-0.15, -0.1) is 0 Å². The predicted octanol–water partition coefficient (Wildman–Crippen LogP) is 6.06. The Morgan fingerprint density at radius 2 is 1.79 bits per heavy atom.